The molecule has 6 nitrogen and oxygen atoms in total. The first-order valence-corrected chi connectivity index (χ1v) is 6.04. The number of carbonyl (C=O) groups excluding carboxylic acids is 1. The maximum Gasteiger partial charge on any atom is 0.308 e. The van der Waals surface area contributed by atoms with Gasteiger partial charge in [-0.2, -0.15) is 5.10 Å². The first kappa shape index (κ1) is 12.6. The van der Waals surface area contributed by atoms with Gasteiger partial charge in [0.05, 0.1) is 12.1 Å². The molecule has 1 N–H and O–H groups in total. The van der Waals surface area contributed by atoms with Crippen molar-refractivity contribution in [2.24, 2.45) is 13.0 Å². The second kappa shape index (κ2) is 5.20. The quantitative estimate of drug-likeness (QED) is 0.816. The molecule has 98 valence electrons. The minimum atomic E-state index is -0.877. The number of amides is 1. The number of rotatable bonds is 5. The summed E-state index contributed by atoms with van der Waals surface area (Å²) in [6.45, 7) is 0.971. The average Bonchev–Trinajstić information content (AvgIpc) is 2.87. The molecule has 0 aromatic carbocycles. The molecule has 0 unspecified atom stereocenters. The monoisotopic (exact) mass is 251 g/mol. The van der Waals surface area contributed by atoms with Crippen molar-refractivity contribution in [1.29, 1.82) is 0 Å². The van der Waals surface area contributed by atoms with Crippen LogP contribution >= 0.6 is 0 Å². The second-order valence-corrected chi connectivity index (χ2v) is 4.70. The van der Waals surface area contributed by atoms with Crippen molar-refractivity contribution in [3.63, 3.8) is 0 Å². The standard InChI is InChI=1S/C12H17N3O3/c1-14-7-9(6-13-14)3-2-4-15-8-10(12(17)18)5-11(15)16/h6-7,10H,2-5,8H2,1H3,(H,17,18)/t10-/m0/s1. The van der Waals surface area contributed by atoms with Crippen molar-refractivity contribution in [2.75, 3.05) is 13.1 Å². The molecule has 1 aromatic rings. The van der Waals surface area contributed by atoms with Gasteiger partial charge in [-0.1, -0.05) is 0 Å². The minimum Gasteiger partial charge on any atom is -0.481 e. The third kappa shape index (κ3) is 2.88. The van der Waals surface area contributed by atoms with Crippen molar-refractivity contribution >= 4 is 11.9 Å². The van der Waals surface area contributed by atoms with E-state index in [9.17, 15) is 9.59 Å². The fourth-order valence-electron chi connectivity index (χ4n) is 2.23. The van der Waals surface area contributed by atoms with E-state index in [0.717, 1.165) is 18.4 Å². The van der Waals surface area contributed by atoms with Gasteiger partial charge in [-0.25, -0.2) is 0 Å². The maximum absolute atomic E-state index is 11.6. The van der Waals surface area contributed by atoms with Crippen LogP contribution in [0.4, 0.5) is 0 Å². The first-order valence-electron chi connectivity index (χ1n) is 6.04. The molecule has 6 heteroatoms. The van der Waals surface area contributed by atoms with Gasteiger partial charge in [0.25, 0.3) is 0 Å². The molecule has 1 aromatic heterocycles. The van der Waals surface area contributed by atoms with E-state index in [1.54, 1.807) is 9.58 Å². The number of aryl methyl sites for hydroxylation is 2. The van der Waals surface area contributed by atoms with Gasteiger partial charge in [0, 0.05) is 32.8 Å². The zero-order valence-electron chi connectivity index (χ0n) is 10.4. The number of nitrogens with zero attached hydrogens (tertiary/aromatic N) is 3. The predicted molar refractivity (Wildman–Crippen MR) is 63.9 cm³/mol. The lowest BCUT2D eigenvalue weighted by molar-refractivity contribution is -0.141. The summed E-state index contributed by atoms with van der Waals surface area (Å²) in [5, 5.41) is 12.9. The van der Waals surface area contributed by atoms with E-state index in [0.29, 0.717) is 13.1 Å². The molecular formula is C12H17N3O3. The Kier molecular flexibility index (Phi) is 3.64. The van der Waals surface area contributed by atoms with Crippen LogP contribution in [0.15, 0.2) is 12.4 Å². The smallest absolute Gasteiger partial charge is 0.308 e. The van der Waals surface area contributed by atoms with Gasteiger partial charge in [0.15, 0.2) is 0 Å². The van der Waals surface area contributed by atoms with Crippen LogP contribution in [0.2, 0.25) is 0 Å². The summed E-state index contributed by atoms with van der Waals surface area (Å²) in [4.78, 5) is 24.0. The molecule has 0 spiro atoms. The van der Waals surface area contributed by atoms with Crippen LogP contribution in [-0.4, -0.2) is 44.8 Å². The van der Waals surface area contributed by atoms with E-state index >= 15 is 0 Å². The molecule has 1 aliphatic heterocycles. The molecule has 0 saturated carbocycles. The number of hydrogen-bond donors (Lipinski definition) is 1. The molecule has 2 rings (SSSR count). The lowest BCUT2D eigenvalue weighted by Crippen LogP contribution is -2.27. The summed E-state index contributed by atoms with van der Waals surface area (Å²) < 4.78 is 1.75. The number of likely N-dealkylation sites (tertiary alicyclic amines) is 1. The number of aromatic nitrogens is 2. The zero-order valence-corrected chi connectivity index (χ0v) is 10.4. The van der Waals surface area contributed by atoms with Gasteiger partial charge in [0.2, 0.25) is 5.91 Å². The van der Waals surface area contributed by atoms with Gasteiger partial charge in [0.1, 0.15) is 0 Å². The Morgan fingerprint density at radius 1 is 1.61 bits per heavy atom. The van der Waals surface area contributed by atoms with Crippen LogP contribution in [0.25, 0.3) is 0 Å². The summed E-state index contributed by atoms with van der Waals surface area (Å²) in [5.41, 5.74) is 1.14. The molecule has 18 heavy (non-hydrogen) atoms. The summed E-state index contributed by atoms with van der Waals surface area (Å²) >= 11 is 0. The van der Waals surface area contributed by atoms with Gasteiger partial charge in [-0.3, -0.25) is 14.3 Å². The Balaban J connectivity index is 1.77. The molecule has 0 bridgehead atoms. The average molecular weight is 251 g/mol. The summed E-state index contributed by atoms with van der Waals surface area (Å²) in [7, 11) is 1.87. The predicted octanol–water partition coefficient (Wildman–Crippen LogP) is 0.286. The Labute approximate surface area is 105 Å². The third-order valence-corrected chi connectivity index (χ3v) is 3.22. The SMILES string of the molecule is Cn1cc(CCCN2C[C@@H](C(=O)O)CC2=O)cn1. The largest absolute Gasteiger partial charge is 0.481 e. The fraction of sp³-hybridized carbons (Fsp3) is 0.583. The van der Waals surface area contributed by atoms with Crippen molar-refractivity contribution in [3.8, 4) is 0 Å². The lowest BCUT2D eigenvalue weighted by atomic mass is 10.1. The third-order valence-electron chi connectivity index (χ3n) is 3.22. The Hall–Kier alpha value is -1.85. The molecule has 1 fully saturated rings. The van der Waals surface area contributed by atoms with E-state index in [4.69, 9.17) is 5.11 Å². The van der Waals surface area contributed by atoms with E-state index in [2.05, 4.69) is 5.10 Å². The number of carbonyl (C=O) groups is 2. The van der Waals surface area contributed by atoms with Gasteiger partial charge in [-0.15, -0.1) is 0 Å². The Bertz CT molecular complexity index is 455. The van der Waals surface area contributed by atoms with Gasteiger partial charge < -0.3 is 10.0 Å². The van der Waals surface area contributed by atoms with E-state index in [1.807, 2.05) is 19.4 Å². The number of hydrogen-bond acceptors (Lipinski definition) is 3. The Morgan fingerprint density at radius 2 is 2.39 bits per heavy atom. The summed E-state index contributed by atoms with van der Waals surface area (Å²) in [6.07, 6.45) is 5.60. The highest BCUT2D eigenvalue weighted by molar-refractivity contribution is 5.86. The topological polar surface area (TPSA) is 75.4 Å². The fourth-order valence-corrected chi connectivity index (χ4v) is 2.23. The summed E-state index contributed by atoms with van der Waals surface area (Å²) in [6, 6.07) is 0. The number of carboxylic acid groups (broad SMARTS) is 1. The molecule has 1 atom stereocenters. The molecule has 2 heterocycles. The normalized spacial score (nSPS) is 19.5. The van der Waals surface area contributed by atoms with Crippen molar-refractivity contribution in [1.82, 2.24) is 14.7 Å². The van der Waals surface area contributed by atoms with Crippen LogP contribution < -0.4 is 0 Å². The van der Waals surface area contributed by atoms with E-state index in [1.165, 1.54) is 0 Å². The molecule has 0 radical (unpaired) electrons. The maximum atomic E-state index is 11.6. The minimum absolute atomic E-state index is 0.0476. The van der Waals surface area contributed by atoms with Crippen molar-refractivity contribution in [2.45, 2.75) is 19.3 Å². The molecule has 0 aliphatic carbocycles. The molecule has 1 saturated heterocycles. The van der Waals surface area contributed by atoms with Crippen LogP contribution in [0.5, 0.6) is 0 Å². The molecule has 1 amide bonds. The van der Waals surface area contributed by atoms with Crippen LogP contribution in [0, 0.1) is 5.92 Å². The van der Waals surface area contributed by atoms with Crippen molar-refractivity contribution < 1.29 is 14.7 Å². The highest BCUT2D eigenvalue weighted by Gasteiger charge is 2.33. The molecular weight excluding hydrogens is 234 g/mol. The van der Waals surface area contributed by atoms with E-state index in [-0.39, 0.29) is 12.3 Å². The van der Waals surface area contributed by atoms with Crippen LogP contribution in [-0.2, 0) is 23.1 Å². The molecule has 1 aliphatic rings. The lowest BCUT2D eigenvalue weighted by Gasteiger charge is -2.15. The second-order valence-electron chi connectivity index (χ2n) is 4.70. The highest BCUT2D eigenvalue weighted by Crippen LogP contribution is 2.18. The van der Waals surface area contributed by atoms with E-state index < -0.39 is 11.9 Å². The van der Waals surface area contributed by atoms with Crippen LogP contribution in [0.3, 0.4) is 0 Å². The van der Waals surface area contributed by atoms with Gasteiger partial charge in [-0.05, 0) is 18.4 Å². The Morgan fingerprint density at radius 3 is 2.94 bits per heavy atom. The summed E-state index contributed by atoms with van der Waals surface area (Å²) in [5.74, 6) is -1.46. The highest BCUT2D eigenvalue weighted by atomic mass is 16.4. The first-order chi connectivity index (χ1) is 8.56. The van der Waals surface area contributed by atoms with Crippen molar-refractivity contribution in [3.05, 3.63) is 18.0 Å². The van der Waals surface area contributed by atoms with Gasteiger partial charge >= 0.3 is 5.97 Å². The number of carboxylic acids is 1. The number of aliphatic carboxylic acids is 1. The zero-order chi connectivity index (χ0) is 13.1. The van der Waals surface area contributed by atoms with Crippen LogP contribution in [0.1, 0.15) is 18.4 Å².